The standard InChI is InChI=1S/C14H13NO4/c1-7-4-8(2)12(10(5-7)14(18)19)15-11(16)6-9(3)13(15)17/h4-6H,1-3H3,(H,18,19). The summed E-state index contributed by atoms with van der Waals surface area (Å²) < 4.78 is 0. The summed E-state index contributed by atoms with van der Waals surface area (Å²) in [6.07, 6.45) is 1.22. The van der Waals surface area contributed by atoms with Crippen molar-refractivity contribution in [2.24, 2.45) is 0 Å². The Bertz CT molecular complexity index is 643. The summed E-state index contributed by atoms with van der Waals surface area (Å²) in [5.41, 5.74) is 1.77. The van der Waals surface area contributed by atoms with E-state index < -0.39 is 17.8 Å². The maximum Gasteiger partial charge on any atom is 0.337 e. The minimum absolute atomic E-state index is 0.0395. The highest BCUT2D eigenvalue weighted by Crippen LogP contribution is 2.30. The number of amides is 2. The molecule has 0 aromatic heterocycles. The second-order valence-electron chi connectivity index (χ2n) is 4.59. The SMILES string of the molecule is CC1=CC(=O)N(c2c(C)cc(C)cc2C(=O)O)C1=O. The van der Waals surface area contributed by atoms with Crippen molar-refractivity contribution in [1.29, 1.82) is 0 Å². The minimum atomic E-state index is -1.16. The van der Waals surface area contributed by atoms with E-state index >= 15 is 0 Å². The van der Waals surface area contributed by atoms with Gasteiger partial charge in [-0.15, -0.1) is 0 Å². The van der Waals surface area contributed by atoms with Crippen LogP contribution < -0.4 is 4.90 Å². The van der Waals surface area contributed by atoms with Crippen LogP contribution in [0.25, 0.3) is 0 Å². The number of benzene rings is 1. The third-order valence-electron chi connectivity index (χ3n) is 3.00. The molecule has 0 bridgehead atoms. The van der Waals surface area contributed by atoms with Gasteiger partial charge in [-0.2, -0.15) is 0 Å². The molecule has 0 saturated carbocycles. The molecule has 1 heterocycles. The van der Waals surface area contributed by atoms with Crippen LogP contribution in [0.1, 0.15) is 28.4 Å². The first-order chi connectivity index (χ1) is 8.82. The van der Waals surface area contributed by atoms with E-state index in [1.807, 2.05) is 0 Å². The number of carbonyl (C=O) groups is 3. The Kier molecular flexibility index (Phi) is 2.98. The molecule has 98 valence electrons. The number of imide groups is 1. The molecule has 19 heavy (non-hydrogen) atoms. The van der Waals surface area contributed by atoms with Crippen LogP contribution in [0.15, 0.2) is 23.8 Å². The molecule has 1 aliphatic rings. The van der Waals surface area contributed by atoms with Gasteiger partial charge in [-0.05, 0) is 38.0 Å². The number of anilines is 1. The third kappa shape index (κ3) is 2.03. The number of aromatic carboxylic acids is 1. The van der Waals surface area contributed by atoms with E-state index in [1.54, 1.807) is 19.9 Å². The van der Waals surface area contributed by atoms with Crippen molar-refractivity contribution >= 4 is 23.5 Å². The van der Waals surface area contributed by atoms with Crippen LogP contribution in [-0.2, 0) is 9.59 Å². The second-order valence-corrected chi connectivity index (χ2v) is 4.59. The van der Waals surface area contributed by atoms with Gasteiger partial charge in [-0.3, -0.25) is 9.59 Å². The van der Waals surface area contributed by atoms with Gasteiger partial charge in [0.05, 0.1) is 11.3 Å². The van der Waals surface area contributed by atoms with E-state index in [-0.39, 0.29) is 11.3 Å². The number of nitrogens with zero attached hydrogens (tertiary/aromatic N) is 1. The van der Waals surface area contributed by atoms with E-state index in [0.717, 1.165) is 10.5 Å². The number of aryl methyl sites for hydroxylation is 2. The van der Waals surface area contributed by atoms with Crippen LogP contribution in [-0.4, -0.2) is 22.9 Å². The molecule has 2 rings (SSSR count). The summed E-state index contributed by atoms with van der Waals surface area (Å²) in [5.74, 6) is -2.14. The van der Waals surface area contributed by atoms with Gasteiger partial charge in [0.25, 0.3) is 11.8 Å². The number of carbonyl (C=O) groups excluding carboxylic acids is 2. The number of hydrogen-bond acceptors (Lipinski definition) is 3. The molecule has 0 saturated heterocycles. The molecular weight excluding hydrogens is 246 g/mol. The normalized spacial score (nSPS) is 14.9. The lowest BCUT2D eigenvalue weighted by Crippen LogP contribution is -2.32. The van der Waals surface area contributed by atoms with Gasteiger partial charge < -0.3 is 5.11 Å². The summed E-state index contributed by atoms with van der Waals surface area (Å²) in [6, 6.07) is 3.20. The first-order valence-electron chi connectivity index (χ1n) is 5.74. The Hall–Kier alpha value is -2.43. The maximum atomic E-state index is 12.0. The lowest BCUT2D eigenvalue weighted by atomic mass is 10.0. The molecule has 2 amide bonds. The zero-order valence-corrected chi connectivity index (χ0v) is 10.9. The average molecular weight is 259 g/mol. The zero-order valence-electron chi connectivity index (χ0n) is 10.9. The van der Waals surface area contributed by atoms with Gasteiger partial charge in [0, 0.05) is 11.6 Å². The topological polar surface area (TPSA) is 74.7 Å². The summed E-state index contributed by atoms with van der Waals surface area (Å²) in [5, 5.41) is 9.25. The van der Waals surface area contributed by atoms with Crippen LogP contribution in [0.4, 0.5) is 5.69 Å². The van der Waals surface area contributed by atoms with Gasteiger partial charge in [0.2, 0.25) is 0 Å². The summed E-state index contributed by atoms with van der Waals surface area (Å²) in [4.78, 5) is 36.1. The monoisotopic (exact) mass is 259 g/mol. The summed E-state index contributed by atoms with van der Waals surface area (Å²) in [6.45, 7) is 4.98. The zero-order chi connectivity index (χ0) is 14.3. The van der Waals surface area contributed by atoms with Gasteiger partial charge in [0.1, 0.15) is 0 Å². The molecule has 0 spiro atoms. The van der Waals surface area contributed by atoms with Crippen molar-refractivity contribution in [3.05, 3.63) is 40.5 Å². The minimum Gasteiger partial charge on any atom is -0.478 e. The highest BCUT2D eigenvalue weighted by atomic mass is 16.4. The second kappa shape index (κ2) is 4.35. The van der Waals surface area contributed by atoms with Crippen molar-refractivity contribution in [1.82, 2.24) is 0 Å². The Balaban J connectivity index is 2.67. The molecular formula is C14H13NO4. The first kappa shape index (κ1) is 13.0. The van der Waals surface area contributed by atoms with Crippen molar-refractivity contribution in [3.8, 4) is 0 Å². The number of carboxylic acids is 1. The van der Waals surface area contributed by atoms with Crippen molar-refractivity contribution in [3.63, 3.8) is 0 Å². The number of rotatable bonds is 2. The average Bonchev–Trinajstić information content (AvgIpc) is 2.53. The van der Waals surface area contributed by atoms with Crippen molar-refractivity contribution in [2.45, 2.75) is 20.8 Å². The fraction of sp³-hybridized carbons (Fsp3) is 0.214. The highest BCUT2D eigenvalue weighted by molar-refractivity contribution is 6.31. The number of carboxylic acid groups (broad SMARTS) is 1. The third-order valence-corrected chi connectivity index (χ3v) is 3.00. The van der Waals surface area contributed by atoms with E-state index in [4.69, 9.17) is 0 Å². The molecule has 1 N–H and O–H groups in total. The van der Waals surface area contributed by atoms with Crippen molar-refractivity contribution < 1.29 is 19.5 Å². The Morgan fingerprint density at radius 2 is 1.79 bits per heavy atom. The fourth-order valence-corrected chi connectivity index (χ4v) is 2.22. The van der Waals surface area contributed by atoms with E-state index in [2.05, 4.69) is 0 Å². The summed E-state index contributed by atoms with van der Waals surface area (Å²) >= 11 is 0. The summed E-state index contributed by atoms with van der Waals surface area (Å²) in [7, 11) is 0. The van der Waals surface area contributed by atoms with E-state index in [9.17, 15) is 19.5 Å². The maximum absolute atomic E-state index is 12.0. The van der Waals surface area contributed by atoms with Gasteiger partial charge in [0.15, 0.2) is 0 Å². The van der Waals surface area contributed by atoms with E-state index in [1.165, 1.54) is 19.1 Å². The van der Waals surface area contributed by atoms with Crippen LogP contribution in [0.3, 0.4) is 0 Å². The van der Waals surface area contributed by atoms with Crippen LogP contribution in [0.5, 0.6) is 0 Å². The molecule has 5 heteroatoms. The Labute approximate surface area is 110 Å². The molecule has 5 nitrogen and oxygen atoms in total. The Morgan fingerprint density at radius 3 is 2.26 bits per heavy atom. The molecule has 1 aromatic carbocycles. The number of hydrogen-bond donors (Lipinski definition) is 1. The van der Waals surface area contributed by atoms with Crippen LogP contribution >= 0.6 is 0 Å². The molecule has 0 atom stereocenters. The van der Waals surface area contributed by atoms with Gasteiger partial charge >= 0.3 is 5.97 Å². The molecule has 0 aliphatic carbocycles. The predicted molar refractivity (Wildman–Crippen MR) is 69.1 cm³/mol. The smallest absolute Gasteiger partial charge is 0.337 e. The molecule has 0 radical (unpaired) electrons. The van der Waals surface area contributed by atoms with E-state index in [0.29, 0.717) is 11.1 Å². The Morgan fingerprint density at radius 1 is 1.16 bits per heavy atom. The predicted octanol–water partition coefficient (Wildman–Crippen LogP) is 1.82. The molecule has 0 unspecified atom stereocenters. The lowest BCUT2D eigenvalue weighted by Gasteiger charge is -2.20. The van der Waals surface area contributed by atoms with Gasteiger partial charge in [-0.1, -0.05) is 6.07 Å². The molecule has 1 aliphatic heterocycles. The molecule has 0 fully saturated rings. The van der Waals surface area contributed by atoms with Crippen molar-refractivity contribution in [2.75, 3.05) is 4.90 Å². The quantitative estimate of drug-likeness (QED) is 0.822. The fourth-order valence-electron chi connectivity index (χ4n) is 2.22. The first-order valence-corrected chi connectivity index (χ1v) is 5.74. The lowest BCUT2D eigenvalue weighted by molar-refractivity contribution is -0.120. The van der Waals surface area contributed by atoms with Crippen LogP contribution in [0, 0.1) is 13.8 Å². The largest absolute Gasteiger partial charge is 0.478 e. The van der Waals surface area contributed by atoms with Crippen LogP contribution in [0.2, 0.25) is 0 Å². The van der Waals surface area contributed by atoms with Gasteiger partial charge in [-0.25, -0.2) is 9.69 Å². The molecule has 1 aromatic rings. The highest BCUT2D eigenvalue weighted by Gasteiger charge is 2.33.